The molecule has 0 amide bonds. The quantitative estimate of drug-likeness (QED) is 0.236. The maximum atomic E-state index is 7.45. The number of hydrogen-bond donors (Lipinski definition) is 0. The van der Waals surface area contributed by atoms with Gasteiger partial charge in [0.2, 0.25) is 8.32 Å². The normalized spacial score (nSPS) is 33.7. The van der Waals surface area contributed by atoms with Crippen LogP contribution in [0, 0.1) is 0 Å². The fourth-order valence-corrected chi connectivity index (χ4v) is 18.1. The monoisotopic (exact) mass is 564 g/mol. The third kappa shape index (κ3) is 5.42. The van der Waals surface area contributed by atoms with Crippen LogP contribution >= 0.6 is 11.6 Å². The van der Waals surface area contributed by atoms with Gasteiger partial charge in [0.05, 0.1) is 31.8 Å². The summed E-state index contributed by atoms with van der Waals surface area (Å²) in [5, 5.41) is -0.241. The van der Waals surface area contributed by atoms with Gasteiger partial charge in [-0.05, 0) is 23.0 Å². The Balaban J connectivity index is 2.04. The molecule has 5 atom stereocenters. The molecule has 0 aromatic heterocycles. The van der Waals surface area contributed by atoms with Crippen molar-refractivity contribution < 1.29 is 27.5 Å². The molecule has 0 radical (unpaired) electrons. The van der Waals surface area contributed by atoms with E-state index in [1.807, 2.05) is 0 Å². The minimum atomic E-state index is -2.71. The zero-order valence-electron chi connectivity index (χ0n) is 24.9. The molecule has 3 aliphatic heterocycles. The van der Waals surface area contributed by atoms with E-state index in [1.165, 1.54) is 0 Å². The second-order valence-corrected chi connectivity index (χ2v) is 24.6. The van der Waals surface area contributed by atoms with Crippen LogP contribution in [0.1, 0.15) is 95.9 Å². The minimum absolute atomic E-state index is 0.0787. The maximum Gasteiger partial charge on any atom is 0.349 e. The molecule has 1 spiro atoms. The predicted molar refractivity (Wildman–Crippen MR) is 150 cm³/mol. The molecule has 6 nitrogen and oxygen atoms in total. The molecule has 0 saturated carbocycles. The molecule has 0 aromatic rings. The van der Waals surface area contributed by atoms with Gasteiger partial charge in [-0.2, -0.15) is 0 Å². The first kappa shape index (κ1) is 31.0. The lowest BCUT2D eigenvalue weighted by atomic mass is 10.0. The Morgan fingerprint density at radius 3 is 1.94 bits per heavy atom. The fraction of sp³-hybridized carbons (Fsp3) is 1.00. The van der Waals surface area contributed by atoms with E-state index < -0.39 is 22.9 Å². The number of rotatable bonds is 7. The third-order valence-electron chi connectivity index (χ3n) is 8.57. The second kappa shape index (κ2) is 10.8. The van der Waals surface area contributed by atoms with Crippen LogP contribution in [-0.2, 0) is 27.5 Å². The third-order valence-corrected chi connectivity index (χ3v) is 20.0. The Labute approximate surface area is 227 Å². The Morgan fingerprint density at radius 2 is 1.47 bits per heavy atom. The lowest BCUT2D eigenvalue weighted by Gasteiger charge is -2.59. The molecule has 0 N–H and O–H groups in total. The van der Waals surface area contributed by atoms with Gasteiger partial charge in [0.25, 0.3) is 5.97 Å². The van der Waals surface area contributed by atoms with Gasteiger partial charge in [-0.1, -0.05) is 83.1 Å². The molecule has 0 bridgehead atoms. The number of alkyl halides is 1. The highest BCUT2D eigenvalue weighted by Gasteiger charge is 2.66. The maximum absolute atomic E-state index is 7.45. The summed E-state index contributed by atoms with van der Waals surface area (Å²) in [6.45, 7) is 28.4. The number of ether oxygens (including phenoxy) is 3. The number of halogens is 1. The second-order valence-electron chi connectivity index (χ2n) is 14.1. The van der Waals surface area contributed by atoms with E-state index in [2.05, 4.69) is 83.1 Å². The summed E-state index contributed by atoms with van der Waals surface area (Å²) < 4.78 is 40.7. The summed E-state index contributed by atoms with van der Waals surface area (Å²) in [7, 11) is -4.94. The van der Waals surface area contributed by atoms with Crippen LogP contribution < -0.4 is 0 Å². The van der Waals surface area contributed by atoms with E-state index in [1.54, 1.807) is 0 Å². The summed E-state index contributed by atoms with van der Waals surface area (Å²) in [6.07, 6.45) is 0.403. The van der Waals surface area contributed by atoms with Crippen molar-refractivity contribution in [3.63, 3.8) is 0 Å². The smallest absolute Gasteiger partial charge is 0.349 e. The molecular weight excluding hydrogens is 512 g/mol. The minimum Gasteiger partial charge on any atom is -0.410 e. The van der Waals surface area contributed by atoms with Gasteiger partial charge in [-0.15, -0.1) is 11.6 Å². The Bertz CT molecular complexity index is 714. The number of hydrogen-bond acceptors (Lipinski definition) is 6. The molecule has 36 heavy (non-hydrogen) atoms. The van der Waals surface area contributed by atoms with E-state index in [0.29, 0.717) is 42.1 Å². The largest absolute Gasteiger partial charge is 0.410 e. The molecule has 212 valence electrons. The van der Waals surface area contributed by atoms with Crippen LogP contribution in [0.3, 0.4) is 0 Å². The van der Waals surface area contributed by atoms with Gasteiger partial charge >= 0.3 is 8.56 Å². The summed E-state index contributed by atoms with van der Waals surface area (Å²) in [5.74, 6) is -0.608. The first-order valence-corrected chi connectivity index (χ1v) is 18.5. The van der Waals surface area contributed by atoms with Gasteiger partial charge in [-0.25, -0.2) is 0 Å². The van der Waals surface area contributed by atoms with Crippen molar-refractivity contribution in [2.75, 3.05) is 19.1 Å². The van der Waals surface area contributed by atoms with E-state index in [9.17, 15) is 0 Å². The van der Waals surface area contributed by atoms with Crippen molar-refractivity contribution in [2.45, 2.75) is 153 Å². The van der Waals surface area contributed by atoms with Crippen molar-refractivity contribution in [1.82, 2.24) is 0 Å². The molecule has 9 heteroatoms. The lowest BCUT2D eigenvalue weighted by Crippen LogP contribution is -2.71. The average Bonchev–Trinajstić information content (AvgIpc) is 3.10. The highest BCUT2D eigenvalue weighted by Crippen LogP contribution is 2.57. The lowest BCUT2D eigenvalue weighted by molar-refractivity contribution is -0.399. The Morgan fingerprint density at radius 1 is 0.917 bits per heavy atom. The summed E-state index contributed by atoms with van der Waals surface area (Å²) in [6, 6.07) is 0. The summed E-state index contributed by atoms with van der Waals surface area (Å²) in [5.41, 5.74) is 1.36. The molecule has 1 unspecified atom stereocenters. The van der Waals surface area contributed by atoms with Crippen LogP contribution in [0.2, 0.25) is 26.7 Å². The van der Waals surface area contributed by atoms with Gasteiger partial charge in [-0.3, -0.25) is 0 Å². The molecule has 3 fully saturated rings. The topological polar surface area (TPSA) is 55.4 Å². The van der Waals surface area contributed by atoms with Gasteiger partial charge in [0.15, 0.2) is 0 Å². The molecular formula is C27H53ClO6Si2. The SMILES string of the molecule is CC(C)[Si](O[C@@H]1CC2(OC[C@@H](CCCl)O2)O[C@@H]2CO[Si](C(C)(C)C)(C(C)(C)C)O[C@H]21)(C(C)C)C(C)C. The fourth-order valence-electron chi connectivity index (χ4n) is 7.32. The van der Waals surface area contributed by atoms with Gasteiger partial charge in [0.1, 0.15) is 12.2 Å². The van der Waals surface area contributed by atoms with Gasteiger partial charge in [0, 0.05) is 16.0 Å². The molecule has 3 heterocycles. The van der Waals surface area contributed by atoms with Crippen molar-refractivity contribution in [3.05, 3.63) is 0 Å². The summed E-state index contributed by atoms with van der Waals surface area (Å²) >= 11 is 6.03. The Hall–Kier alpha value is 0.484. The van der Waals surface area contributed by atoms with Crippen LogP contribution in [-0.4, -0.2) is 66.4 Å². The molecule has 3 aliphatic rings. The van der Waals surface area contributed by atoms with Crippen LogP contribution in [0.5, 0.6) is 0 Å². The van der Waals surface area contributed by atoms with Crippen molar-refractivity contribution >= 4 is 28.5 Å². The van der Waals surface area contributed by atoms with E-state index in [-0.39, 0.29) is 34.5 Å². The molecule has 3 saturated heterocycles. The first-order chi connectivity index (χ1) is 16.4. The van der Waals surface area contributed by atoms with E-state index in [0.717, 1.165) is 6.42 Å². The molecule has 0 aromatic carbocycles. The van der Waals surface area contributed by atoms with E-state index >= 15 is 0 Å². The van der Waals surface area contributed by atoms with Crippen LogP contribution in [0.15, 0.2) is 0 Å². The van der Waals surface area contributed by atoms with Crippen LogP contribution in [0.4, 0.5) is 0 Å². The predicted octanol–water partition coefficient (Wildman–Crippen LogP) is 7.49. The number of fused-ring (bicyclic) bond motifs is 1. The van der Waals surface area contributed by atoms with Crippen molar-refractivity contribution in [1.29, 1.82) is 0 Å². The molecule has 0 aliphatic carbocycles. The highest BCUT2D eigenvalue weighted by atomic mass is 35.5. The summed E-state index contributed by atoms with van der Waals surface area (Å²) in [4.78, 5) is 0. The first-order valence-electron chi connectivity index (χ1n) is 14.0. The zero-order valence-corrected chi connectivity index (χ0v) is 27.7. The average molecular weight is 565 g/mol. The van der Waals surface area contributed by atoms with Crippen LogP contribution in [0.25, 0.3) is 0 Å². The van der Waals surface area contributed by atoms with E-state index in [4.69, 9.17) is 39.1 Å². The van der Waals surface area contributed by atoms with Gasteiger partial charge < -0.3 is 27.5 Å². The molecule has 3 rings (SSSR count). The zero-order chi connectivity index (χ0) is 27.3. The van der Waals surface area contributed by atoms with Crippen molar-refractivity contribution in [3.8, 4) is 0 Å². The van der Waals surface area contributed by atoms with Crippen molar-refractivity contribution in [2.24, 2.45) is 0 Å². The standard InChI is InChI=1S/C27H53ClO6Si2/c1-18(2)35(19(3)4,20(5)6)33-22-15-27(29-16-21(31-27)13-14-28)32-23-17-30-36(25(7,8)9,26(10,11)12)34-24(22)23/h18-24H,13-17H2,1-12H3/t21-,22-,23-,24+,27?/m1/s1. The highest BCUT2D eigenvalue weighted by molar-refractivity contribution is 6.77. The Kier molecular flexibility index (Phi) is 9.31.